The molecule has 2 heterocycles. The van der Waals surface area contributed by atoms with E-state index in [1.54, 1.807) is 36.3 Å². The Kier molecular flexibility index (Phi) is 12.7. The van der Waals surface area contributed by atoms with Gasteiger partial charge in [0.15, 0.2) is 16.6 Å². The molecule has 248 valence electrons. The summed E-state index contributed by atoms with van der Waals surface area (Å²) in [4.78, 5) is 18.3. The number of hydrogen-bond acceptors (Lipinski definition) is 9. The molecule has 0 aliphatic carbocycles. The van der Waals surface area contributed by atoms with Gasteiger partial charge in [0.05, 0.1) is 18.1 Å². The van der Waals surface area contributed by atoms with Crippen LogP contribution < -0.4 is 0 Å². The summed E-state index contributed by atoms with van der Waals surface area (Å²) in [6.07, 6.45) is 9.16. The summed E-state index contributed by atoms with van der Waals surface area (Å²) in [5.74, 6) is 0. The Labute approximate surface area is 282 Å². The van der Waals surface area contributed by atoms with Crippen LogP contribution in [-0.2, 0) is 31.9 Å². The highest BCUT2D eigenvalue weighted by Gasteiger charge is 2.38. The van der Waals surface area contributed by atoms with Gasteiger partial charge in [-0.25, -0.2) is 28.4 Å². The van der Waals surface area contributed by atoms with E-state index >= 15 is 0 Å². The second kappa shape index (κ2) is 15.4. The minimum absolute atomic E-state index is 0.0636. The molecular formula is C34H48N4O4S2Si2. The molecule has 0 saturated carbocycles. The minimum Gasteiger partial charge on any atom is -0.413 e. The summed E-state index contributed by atoms with van der Waals surface area (Å²) in [6, 6.07) is 15.3. The summed E-state index contributed by atoms with van der Waals surface area (Å²) in [5, 5.41) is 0.288. The summed E-state index contributed by atoms with van der Waals surface area (Å²) < 4.78 is 38.3. The van der Waals surface area contributed by atoms with Crippen LogP contribution in [0.25, 0.3) is 0 Å². The molecule has 46 heavy (non-hydrogen) atoms. The standard InChI is InChI=1S/C17H24N2O3SSi.C17H24N2OSSi/c1-17(2,3)24(4,5)22-12-14-8-6-7-9-16(14)23(20,21)15-10-18-13-19-11-15;1-17(2,3)22(4,5)20-12-14-8-6-7-9-16(14)21-15-10-18-13-19-11-15/h6-11,13H,12H2,1-5H3;6-11,13H,12H2,1-5H3. The third kappa shape index (κ3) is 10.1. The van der Waals surface area contributed by atoms with Crippen molar-refractivity contribution in [1.29, 1.82) is 0 Å². The van der Waals surface area contributed by atoms with Gasteiger partial charge in [-0.1, -0.05) is 89.7 Å². The topological polar surface area (TPSA) is 104 Å². The Morgan fingerprint density at radius 1 is 0.652 bits per heavy atom. The molecule has 8 nitrogen and oxygen atoms in total. The van der Waals surface area contributed by atoms with E-state index in [0.29, 0.717) is 12.2 Å². The highest BCUT2D eigenvalue weighted by Crippen LogP contribution is 2.39. The van der Waals surface area contributed by atoms with Gasteiger partial charge >= 0.3 is 0 Å². The smallest absolute Gasteiger partial charge is 0.210 e. The molecule has 12 heteroatoms. The maximum absolute atomic E-state index is 12.9. The molecule has 0 radical (unpaired) electrons. The zero-order valence-electron chi connectivity index (χ0n) is 28.7. The molecule has 0 N–H and O–H groups in total. The molecule has 0 bridgehead atoms. The monoisotopic (exact) mass is 696 g/mol. The molecule has 2 aromatic carbocycles. The van der Waals surface area contributed by atoms with E-state index in [1.165, 1.54) is 29.2 Å². The van der Waals surface area contributed by atoms with Gasteiger partial charge in [-0.15, -0.1) is 0 Å². The van der Waals surface area contributed by atoms with Crippen LogP contribution in [0.5, 0.6) is 0 Å². The number of benzene rings is 2. The summed E-state index contributed by atoms with van der Waals surface area (Å²) in [7, 11) is -7.37. The minimum atomic E-state index is -3.66. The zero-order valence-corrected chi connectivity index (χ0v) is 32.4. The fourth-order valence-corrected chi connectivity index (χ4v) is 7.74. The van der Waals surface area contributed by atoms with Crippen molar-refractivity contribution >= 4 is 38.2 Å². The lowest BCUT2D eigenvalue weighted by Crippen LogP contribution is -2.40. The van der Waals surface area contributed by atoms with Gasteiger partial charge in [-0.05, 0) is 59.5 Å². The van der Waals surface area contributed by atoms with Crippen molar-refractivity contribution in [2.75, 3.05) is 0 Å². The number of rotatable bonds is 10. The summed E-state index contributed by atoms with van der Waals surface area (Å²) >= 11 is 1.68. The average molecular weight is 697 g/mol. The van der Waals surface area contributed by atoms with E-state index in [1.807, 2.05) is 18.5 Å². The average Bonchev–Trinajstić information content (AvgIpc) is 3.00. The molecule has 0 atom stereocenters. The van der Waals surface area contributed by atoms with Gasteiger partial charge < -0.3 is 8.85 Å². The van der Waals surface area contributed by atoms with E-state index in [-0.39, 0.29) is 26.5 Å². The van der Waals surface area contributed by atoms with Crippen LogP contribution in [0, 0.1) is 0 Å². The molecule has 0 aliphatic rings. The van der Waals surface area contributed by atoms with Crippen LogP contribution in [0.4, 0.5) is 0 Å². The third-order valence-corrected chi connectivity index (χ3v) is 20.5. The van der Waals surface area contributed by atoms with Gasteiger partial charge in [-0.2, -0.15) is 0 Å². The maximum Gasteiger partial charge on any atom is 0.210 e. The van der Waals surface area contributed by atoms with E-state index in [0.717, 1.165) is 4.90 Å². The predicted molar refractivity (Wildman–Crippen MR) is 190 cm³/mol. The molecular weight excluding hydrogens is 649 g/mol. The number of sulfone groups is 1. The van der Waals surface area contributed by atoms with Crippen molar-refractivity contribution in [3.8, 4) is 0 Å². The van der Waals surface area contributed by atoms with Crippen molar-refractivity contribution < 1.29 is 17.3 Å². The molecule has 0 fully saturated rings. The molecule has 0 amide bonds. The molecule has 2 aromatic heterocycles. The van der Waals surface area contributed by atoms with Crippen LogP contribution in [0.3, 0.4) is 0 Å². The van der Waals surface area contributed by atoms with Crippen LogP contribution in [0.15, 0.2) is 106 Å². The first kappa shape index (κ1) is 37.7. The highest BCUT2D eigenvalue weighted by atomic mass is 32.2. The van der Waals surface area contributed by atoms with Gasteiger partial charge in [0, 0.05) is 34.6 Å². The Bertz CT molecular complexity index is 1660. The number of nitrogens with zero attached hydrogens (tertiary/aromatic N) is 4. The lowest BCUT2D eigenvalue weighted by Gasteiger charge is -2.36. The Morgan fingerprint density at radius 2 is 1.09 bits per heavy atom. The van der Waals surface area contributed by atoms with Gasteiger partial charge in [0.2, 0.25) is 9.84 Å². The van der Waals surface area contributed by atoms with Crippen LogP contribution >= 0.6 is 11.8 Å². The fourth-order valence-electron chi connectivity index (χ4n) is 3.57. The summed E-state index contributed by atoms with van der Waals surface area (Å²) in [6.45, 7) is 23.1. The Balaban J connectivity index is 0.000000251. The second-order valence-electron chi connectivity index (χ2n) is 14.1. The molecule has 0 spiro atoms. The molecule has 0 unspecified atom stereocenters. The van der Waals surface area contributed by atoms with Gasteiger partial charge in [0.1, 0.15) is 17.6 Å². The Morgan fingerprint density at radius 3 is 1.61 bits per heavy atom. The zero-order chi connectivity index (χ0) is 34.2. The van der Waals surface area contributed by atoms with Crippen LogP contribution in [-0.4, -0.2) is 45.0 Å². The fraction of sp³-hybridized carbons (Fsp3) is 0.412. The molecule has 4 rings (SSSR count). The summed E-state index contributed by atoms with van der Waals surface area (Å²) in [5.41, 5.74) is 1.88. The van der Waals surface area contributed by atoms with Crippen molar-refractivity contribution in [2.24, 2.45) is 0 Å². The van der Waals surface area contributed by atoms with E-state index in [4.69, 9.17) is 8.85 Å². The first-order valence-corrected chi connectivity index (χ1v) is 23.3. The lowest BCUT2D eigenvalue weighted by molar-refractivity contribution is 0.273. The van der Waals surface area contributed by atoms with Crippen molar-refractivity contribution in [3.05, 3.63) is 97.1 Å². The van der Waals surface area contributed by atoms with E-state index in [9.17, 15) is 8.42 Å². The quantitative estimate of drug-likeness (QED) is 0.150. The SMILES string of the molecule is CC(C)(C)[Si](C)(C)OCc1ccccc1S(=O)(=O)c1cncnc1.CC(C)(C)[Si](C)(C)OCc1ccccc1Sc1cncnc1. The first-order chi connectivity index (χ1) is 21.4. The van der Waals surface area contributed by atoms with Crippen LogP contribution in [0.1, 0.15) is 52.7 Å². The number of hydrogen-bond donors (Lipinski definition) is 0. The second-order valence-corrected chi connectivity index (χ2v) is 26.7. The van der Waals surface area contributed by atoms with Crippen molar-refractivity contribution in [2.45, 2.75) is 111 Å². The lowest BCUT2D eigenvalue weighted by atomic mass is 10.2. The normalized spacial score (nSPS) is 12.7. The van der Waals surface area contributed by atoms with Gasteiger partial charge in [-0.3, -0.25) is 0 Å². The first-order valence-electron chi connectivity index (χ1n) is 15.2. The molecule has 4 aromatic rings. The number of aromatic nitrogens is 4. The Hall–Kier alpha value is -2.75. The van der Waals surface area contributed by atoms with Crippen LogP contribution in [0.2, 0.25) is 36.3 Å². The van der Waals surface area contributed by atoms with Crippen molar-refractivity contribution in [1.82, 2.24) is 19.9 Å². The predicted octanol–water partition coefficient (Wildman–Crippen LogP) is 8.98. The van der Waals surface area contributed by atoms with E-state index < -0.39 is 26.5 Å². The largest absolute Gasteiger partial charge is 0.413 e. The van der Waals surface area contributed by atoms with Gasteiger partial charge in [0.25, 0.3) is 0 Å². The third-order valence-electron chi connectivity index (χ3n) is 8.64. The molecule has 0 aliphatic heterocycles. The van der Waals surface area contributed by atoms with Crippen molar-refractivity contribution in [3.63, 3.8) is 0 Å². The van der Waals surface area contributed by atoms with E-state index in [2.05, 4.69) is 112 Å². The molecule has 0 saturated heterocycles. The maximum atomic E-state index is 12.9. The highest BCUT2D eigenvalue weighted by molar-refractivity contribution is 7.99.